The molecule has 6 nitrogen and oxygen atoms in total. The molecule has 2 N–H and O–H groups in total. The molecule has 0 aromatic heterocycles. The number of carbonyl (C=O) groups is 1. The van der Waals surface area contributed by atoms with E-state index in [1.165, 1.54) is 0 Å². The van der Waals surface area contributed by atoms with Crippen LogP contribution >= 0.6 is 0 Å². The molecule has 4 rings (SSSR count). The standard InChI is InChI=1S/C21H34O6/c1-12(22)15-4-5-16-14-10-18(23)21(24)11-13(26-27-25)6-9-20(21,3)17(14)7-8-19(15,16)2/h13-18,23-25H,4-11H2,1-3H3/p-1/t13-,14?,15+,16?,17?,18-,19+,20+,21-/m0/s1. The van der Waals surface area contributed by atoms with Crippen LogP contribution in [-0.4, -0.2) is 33.8 Å². The van der Waals surface area contributed by atoms with Crippen LogP contribution in [0.4, 0.5) is 0 Å². The SMILES string of the molecule is CC(=O)[C@H]1CCC2C3C[C@H](O)[C@@]4(O)C[C@@H](OO[O-])CC[C@]4(C)C3CC[C@@]21C. The third kappa shape index (κ3) is 2.60. The molecule has 27 heavy (non-hydrogen) atoms. The molecular formula is C21H33O6-. The fraction of sp³-hybridized carbons (Fsp3) is 0.952. The summed E-state index contributed by atoms with van der Waals surface area (Å²) in [5.41, 5.74) is -1.65. The van der Waals surface area contributed by atoms with E-state index in [1.807, 2.05) is 0 Å². The number of carbonyl (C=O) groups excluding carboxylic acids is 1. The summed E-state index contributed by atoms with van der Waals surface area (Å²) in [5.74, 6) is 1.52. The highest BCUT2D eigenvalue weighted by Crippen LogP contribution is 2.68. The monoisotopic (exact) mass is 381 g/mol. The first kappa shape index (κ1) is 19.8. The Morgan fingerprint density at radius 1 is 1.11 bits per heavy atom. The average Bonchev–Trinajstić information content (AvgIpc) is 2.95. The minimum atomic E-state index is -1.26. The molecule has 0 spiro atoms. The van der Waals surface area contributed by atoms with Crippen LogP contribution in [0.1, 0.15) is 72.1 Å². The lowest BCUT2D eigenvalue weighted by Gasteiger charge is -2.65. The third-order valence-electron chi connectivity index (χ3n) is 9.48. The van der Waals surface area contributed by atoms with E-state index < -0.39 is 23.2 Å². The predicted octanol–water partition coefficient (Wildman–Crippen LogP) is 1.91. The van der Waals surface area contributed by atoms with Gasteiger partial charge in [0.2, 0.25) is 0 Å². The van der Waals surface area contributed by atoms with E-state index in [9.17, 15) is 20.3 Å². The van der Waals surface area contributed by atoms with Crippen LogP contribution < -0.4 is 5.26 Å². The van der Waals surface area contributed by atoms with E-state index in [-0.39, 0.29) is 17.8 Å². The maximum absolute atomic E-state index is 12.2. The van der Waals surface area contributed by atoms with Gasteiger partial charge in [-0.25, -0.2) is 4.89 Å². The van der Waals surface area contributed by atoms with Gasteiger partial charge in [-0.2, -0.15) is 0 Å². The molecular weight excluding hydrogens is 348 g/mol. The van der Waals surface area contributed by atoms with Crippen LogP contribution in [0.3, 0.4) is 0 Å². The lowest BCUT2D eigenvalue weighted by Crippen LogP contribution is -2.68. The lowest BCUT2D eigenvalue weighted by molar-refractivity contribution is -0.805. The second-order valence-electron chi connectivity index (χ2n) is 10.3. The summed E-state index contributed by atoms with van der Waals surface area (Å²) in [6.45, 7) is 6.11. The van der Waals surface area contributed by atoms with Crippen LogP contribution in [0, 0.1) is 34.5 Å². The summed E-state index contributed by atoms with van der Waals surface area (Å²) in [6.07, 6.45) is 4.80. The van der Waals surface area contributed by atoms with Crippen molar-refractivity contribution in [3.8, 4) is 0 Å². The first-order valence-electron chi connectivity index (χ1n) is 10.5. The summed E-state index contributed by atoms with van der Waals surface area (Å²) in [7, 11) is 0. The van der Waals surface area contributed by atoms with Gasteiger partial charge in [0.15, 0.2) is 0 Å². The topological polar surface area (TPSA) is 99.1 Å². The minimum absolute atomic E-state index is 0.0231. The van der Waals surface area contributed by atoms with Crippen LogP contribution in [0.15, 0.2) is 0 Å². The van der Waals surface area contributed by atoms with Gasteiger partial charge in [-0.15, -0.1) is 0 Å². The van der Waals surface area contributed by atoms with E-state index in [0.29, 0.717) is 42.8 Å². The van der Waals surface area contributed by atoms with E-state index in [1.54, 1.807) is 6.92 Å². The maximum atomic E-state index is 12.2. The molecule has 4 aliphatic rings. The molecule has 0 aliphatic heterocycles. The molecule has 154 valence electrons. The molecule has 9 atom stereocenters. The molecule has 0 saturated heterocycles. The van der Waals surface area contributed by atoms with Crippen molar-refractivity contribution in [1.82, 2.24) is 0 Å². The first-order valence-corrected chi connectivity index (χ1v) is 10.5. The highest BCUT2D eigenvalue weighted by Gasteiger charge is 2.67. The molecule has 6 heteroatoms. The Kier molecular flexibility index (Phi) is 4.75. The van der Waals surface area contributed by atoms with Gasteiger partial charge in [-0.05, 0) is 75.0 Å². The summed E-state index contributed by atoms with van der Waals surface area (Å²) in [4.78, 5) is 17.0. The Labute approximate surface area is 161 Å². The van der Waals surface area contributed by atoms with E-state index in [0.717, 1.165) is 25.7 Å². The average molecular weight is 381 g/mol. The van der Waals surface area contributed by atoms with Crippen molar-refractivity contribution in [2.75, 3.05) is 0 Å². The van der Waals surface area contributed by atoms with Gasteiger partial charge >= 0.3 is 0 Å². The van der Waals surface area contributed by atoms with Gasteiger partial charge in [-0.3, -0.25) is 9.83 Å². The molecule has 3 unspecified atom stereocenters. The van der Waals surface area contributed by atoms with Gasteiger partial charge in [0.25, 0.3) is 0 Å². The second-order valence-corrected chi connectivity index (χ2v) is 10.3. The highest BCUT2D eigenvalue weighted by molar-refractivity contribution is 5.79. The zero-order valence-corrected chi connectivity index (χ0v) is 16.6. The molecule has 0 amide bonds. The zero-order valence-electron chi connectivity index (χ0n) is 16.6. The molecule has 4 aliphatic carbocycles. The van der Waals surface area contributed by atoms with E-state index in [2.05, 4.69) is 18.9 Å². The van der Waals surface area contributed by atoms with Crippen molar-refractivity contribution in [3.05, 3.63) is 0 Å². The fourth-order valence-electron chi connectivity index (χ4n) is 8.05. The van der Waals surface area contributed by atoms with Crippen LogP contribution in [-0.2, 0) is 14.7 Å². The zero-order chi connectivity index (χ0) is 19.6. The second kappa shape index (κ2) is 6.49. The highest BCUT2D eigenvalue weighted by atomic mass is 17.5. The van der Waals surface area contributed by atoms with Crippen molar-refractivity contribution in [2.45, 2.75) is 89.9 Å². The fourth-order valence-corrected chi connectivity index (χ4v) is 8.05. The molecule has 0 aromatic carbocycles. The Morgan fingerprint density at radius 3 is 2.52 bits per heavy atom. The van der Waals surface area contributed by atoms with Gasteiger partial charge in [0.05, 0.1) is 17.8 Å². The smallest absolute Gasteiger partial charge is 0.133 e. The van der Waals surface area contributed by atoms with Crippen LogP contribution in [0.5, 0.6) is 0 Å². The molecule has 4 saturated carbocycles. The number of aliphatic hydroxyl groups excluding tert-OH is 1. The molecule has 0 radical (unpaired) electrons. The maximum Gasteiger partial charge on any atom is 0.133 e. The van der Waals surface area contributed by atoms with Gasteiger partial charge < -0.3 is 15.5 Å². The predicted molar refractivity (Wildman–Crippen MR) is 94.7 cm³/mol. The van der Waals surface area contributed by atoms with Gasteiger partial charge in [-0.1, -0.05) is 13.8 Å². The van der Waals surface area contributed by atoms with Gasteiger partial charge in [0.1, 0.15) is 5.78 Å². The van der Waals surface area contributed by atoms with Crippen molar-refractivity contribution in [1.29, 1.82) is 0 Å². The van der Waals surface area contributed by atoms with Crippen molar-refractivity contribution in [3.63, 3.8) is 0 Å². The number of aliphatic hydroxyl groups is 2. The van der Waals surface area contributed by atoms with E-state index >= 15 is 0 Å². The lowest BCUT2D eigenvalue weighted by atomic mass is 9.42. The summed E-state index contributed by atoms with van der Waals surface area (Å²) in [6, 6.07) is 0. The number of fused-ring (bicyclic) bond motifs is 5. The summed E-state index contributed by atoms with van der Waals surface area (Å²) < 4.78 is 0. The van der Waals surface area contributed by atoms with Crippen LogP contribution in [0.25, 0.3) is 0 Å². The third-order valence-corrected chi connectivity index (χ3v) is 9.48. The van der Waals surface area contributed by atoms with Crippen molar-refractivity contribution in [2.24, 2.45) is 34.5 Å². The largest absolute Gasteiger partial charge is 0.692 e. The van der Waals surface area contributed by atoms with Crippen molar-refractivity contribution >= 4 is 5.78 Å². The Balaban J connectivity index is 1.64. The number of rotatable bonds is 3. The summed E-state index contributed by atoms with van der Waals surface area (Å²) >= 11 is 0. The Morgan fingerprint density at radius 2 is 1.85 bits per heavy atom. The molecule has 4 fully saturated rings. The quantitative estimate of drug-likeness (QED) is 0.572. The molecule has 0 aromatic rings. The summed E-state index contributed by atoms with van der Waals surface area (Å²) in [5, 5.41) is 36.6. The minimum Gasteiger partial charge on any atom is -0.692 e. The number of hydrogen-bond acceptors (Lipinski definition) is 6. The molecule has 0 bridgehead atoms. The Hall–Kier alpha value is -0.530. The normalized spacial score (nSPS) is 54.7. The number of Topliss-reactive ketones (excluding diaryl/α,β-unsaturated/α-hetero) is 1. The number of ketones is 1. The molecule has 0 heterocycles. The number of hydrogen-bond donors (Lipinski definition) is 2. The van der Waals surface area contributed by atoms with Crippen LogP contribution in [0.2, 0.25) is 0 Å². The first-order chi connectivity index (χ1) is 12.7. The van der Waals surface area contributed by atoms with Crippen molar-refractivity contribution < 1.29 is 30.2 Å². The van der Waals surface area contributed by atoms with Gasteiger partial charge in [0, 0.05) is 17.8 Å². The van der Waals surface area contributed by atoms with E-state index in [4.69, 9.17) is 4.89 Å². The Bertz CT molecular complexity index is 609.